The van der Waals surface area contributed by atoms with Crippen molar-refractivity contribution in [1.82, 2.24) is 25.4 Å². The summed E-state index contributed by atoms with van der Waals surface area (Å²) in [4.78, 5) is 41.9. The molecule has 0 saturated heterocycles. The average molecular weight is 415 g/mol. The summed E-state index contributed by atoms with van der Waals surface area (Å²) in [5.74, 6) is -0.987. The van der Waals surface area contributed by atoms with Gasteiger partial charge in [-0.05, 0) is 24.0 Å². The van der Waals surface area contributed by atoms with Gasteiger partial charge in [0.1, 0.15) is 11.8 Å². The largest absolute Gasteiger partial charge is 0.465 e. The van der Waals surface area contributed by atoms with Gasteiger partial charge in [0.25, 0.3) is 11.8 Å². The molecule has 3 rings (SSSR count). The molecule has 1 aliphatic rings. The lowest BCUT2D eigenvalue weighted by Crippen LogP contribution is -2.36. The van der Waals surface area contributed by atoms with Crippen molar-refractivity contribution in [3.05, 3.63) is 47.3 Å². The molecular weight excluding hydrogens is 390 g/mol. The van der Waals surface area contributed by atoms with Crippen LogP contribution in [0.25, 0.3) is 0 Å². The van der Waals surface area contributed by atoms with Crippen LogP contribution < -0.4 is 5.32 Å². The third-order valence-corrected chi connectivity index (χ3v) is 4.84. The summed E-state index contributed by atoms with van der Waals surface area (Å²) in [7, 11) is 0. The topological polar surface area (TPSA) is 127 Å². The van der Waals surface area contributed by atoms with E-state index in [9.17, 15) is 14.4 Å². The number of amides is 3. The predicted octanol–water partition coefficient (Wildman–Crippen LogP) is 2.64. The minimum absolute atomic E-state index is 0.237. The van der Waals surface area contributed by atoms with E-state index in [0.29, 0.717) is 23.2 Å². The molecule has 1 aliphatic heterocycles. The number of hydroxylamine groups is 2. The van der Waals surface area contributed by atoms with Crippen molar-refractivity contribution in [2.24, 2.45) is 5.41 Å². The molecule has 2 heterocycles. The Morgan fingerprint density at radius 2 is 1.80 bits per heavy atom. The van der Waals surface area contributed by atoms with E-state index in [0.717, 1.165) is 5.06 Å². The highest BCUT2D eigenvalue weighted by Gasteiger charge is 2.38. The van der Waals surface area contributed by atoms with Crippen LogP contribution >= 0.6 is 0 Å². The number of benzene rings is 1. The Hall–Kier alpha value is -3.27. The summed E-state index contributed by atoms with van der Waals surface area (Å²) >= 11 is 0. The van der Waals surface area contributed by atoms with Gasteiger partial charge >= 0.3 is 6.09 Å². The normalized spacial score (nSPS) is 15.8. The number of hydrogen-bond acceptors (Lipinski definition) is 6. The highest BCUT2D eigenvalue weighted by Crippen LogP contribution is 2.31. The number of carboxylic acid groups (broad SMARTS) is 1. The fourth-order valence-corrected chi connectivity index (χ4v) is 3.25. The van der Waals surface area contributed by atoms with Crippen molar-refractivity contribution in [2.75, 3.05) is 0 Å². The van der Waals surface area contributed by atoms with E-state index in [1.54, 1.807) is 30.5 Å². The van der Waals surface area contributed by atoms with Gasteiger partial charge in [-0.3, -0.25) is 14.4 Å². The van der Waals surface area contributed by atoms with E-state index in [1.807, 2.05) is 27.7 Å². The van der Waals surface area contributed by atoms with Crippen LogP contribution in [-0.4, -0.2) is 49.2 Å². The molecule has 0 radical (unpaired) electrons. The molecule has 0 fully saturated rings. The zero-order valence-corrected chi connectivity index (χ0v) is 17.3. The average Bonchev–Trinajstić information content (AvgIpc) is 3.23. The maximum Gasteiger partial charge on any atom is 0.405 e. The van der Waals surface area contributed by atoms with Crippen LogP contribution in [0.5, 0.6) is 0 Å². The van der Waals surface area contributed by atoms with Gasteiger partial charge in [-0.25, -0.2) is 9.48 Å². The van der Waals surface area contributed by atoms with E-state index in [4.69, 9.17) is 9.94 Å². The van der Waals surface area contributed by atoms with Gasteiger partial charge in [-0.15, -0.1) is 10.2 Å². The Balaban J connectivity index is 1.72. The SMILES string of the molecule is CCC(Cn1cc(C(NC(=O)O)C(C)(C)C)nn1)ON1C(=O)c2ccccc2C1=O. The molecule has 0 saturated carbocycles. The van der Waals surface area contributed by atoms with Gasteiger partial charge in [0.2, 0.25) is 0 Å². The summed E-state index contributed by atoms with van der Waals surface area (Å²) in [6.07, 6.45) is 0.492. The first kappa shape index (κ1) is 21.4. The van der Waals surface area contributed by atoms with Crippen LogP contribution in [0.15, 0.2) is 30.5 Å². The third-order valence-electron chi connectivity index (χ3n) is 4.84. The minimum atomic E-state index is -1.15. The van der Waals surface area contributed by atoms with Crippen molar-refractivity contribution in [1.29, 1.82) is 0 Å². The summed E-state index contributed by atoms with van der Waals surface area (Å²) in [5.41, 5.74) is 0.682. The van der Waals surface area contributed by atoms with Crippen molar-refractivity contribution in [2.45, 2.75) is 52.8 Å². The van der Waals surface area contributed by atoms with E-state index >= 15 is 0 Å². The van der Waals surface area contributed by atoms with Crippen LogP contribution in [-0.2, 0) is 11.4 Å². The summed E-state index contributed by atoms with van der Waals surface area (Å²) in [6.45, 7) is 7.79. The maximum absolute atomic E-state index is 12.5. The Morgan fingerprint density at radius 1 is 1.20 bits per heavy atom. The molecule has 0 aliphatic carbocycles. The molecule has 2 N–H and O–H groups in total. The first-order valence-corrected chi connectivity index (χ1v) is 9.66. The molecule has 2 aromatic rings. The second-order valence-corrected chi connectivity index (χ2v) is 8.20. The van der Waals surface area contributed by atoms with Crippen LogP contribution in [0, 0.1) is 5.41 Å². The number of rotatable bonds is 7. The summed E-state index contributed by atoms with van der Waals surface area (Å²) in [6, 6.07) is 6.01. The quantitative estimate of drug-likeness (QED) is 0.666. The van der Waals surface area contributed by atoms with Crippen molar-refractivity contribution in [3.63, 3.8) is 0 Å². The molecule has 1 aromatic carbocycles. The van der Waals surface area contributed by atoms with E-state index in [-0.39, 0.29) is 6.54 Å². The number of imide groups is 1. The van der Waals surface area contributed by atoms with Gasteiger partial charge in [-0.2, -0.15) is 0 Å². The number of aromatic nitrogens is 3. The second-order valence-electron chi connectivity index (χ2n) is 8.20. The minimum Gasteiger partial charge on any atom is -0.465 e. The number of nitrogens with zero attached hydrogens (tertiary/aromatic N) is 4. The summed E-state index contributed by atoms with van der Waals surface area (Å²) in [5, 5.41) is 20.6. The highest BCUT2D eigenvalue weighted by atomic mass is 16.7. The van der Waals surface area contributed by atoms with Crippen LogP contribution in [0.4, 0.5) is 4.79 Å². The number of carbonyl (C=O) groups excluding carboxylic acids is 2. The van der Waals surface area contributed by atoms with E-state index in [1.165, 1.54) is 4.68 Å². The maximum atomic E-state index is 12.5. The third kappa shape index (κ3) is 4.33. The van der Waals surface area contributed by atoms with E-state index < -0.39 is 35.5 Å². The van der Waals surface area contributed by atoms with Crippen LogP contribution in [0.2, 0.25) is 0 Å². The first-order valence-electron chi connectivity index (χ1n) is 9.66. The van der Waals surface area contributed by atoms with E-state index in [2.05, 4.69) is 15.6 Å². The monoisotopic (exact) mass is 415 g/mol. The van der Waals surface area contributed by atoms with Crippen molar-refractivity contribution in [3.8, 4) is 0 Å². The lowest BCUT2D eigenvalue weighted by Gasteiger charge is -2.28. The fourth-order valence-electron chi connectivity index (χ4n) is 3.25. The molecule has 2 atom stereocenters. The predicted molar refractivity (Wildman–Crippen MR) is 105 cm³/mol. The van der Waals surface area contributed by atoms with Gasteiger partial charge in [0.05, 0.1) is 29.9 Å². The molecule has 1 aromatic heterocycles. The van der Waals surface area contributed by atoms with Crippen LogP contribution in [0.1, 0.15) is 66.6 Å². The molecule has 30 heavy (non-hydrogen) atoms. The van der Waals surface area contributed by atoms with Crippen molar-refractivity contribution >= 4 is 17.9 Å². The van der Waals surface area contributed by atoms with Gasteiger partial charge in [0, 0.05) is 0 Å². The zero-order valence-electron chi connectivity index (χ0n) is 17.3. The Labute approximate surface area is 173 Å². The molecule has 0 bridgehead atoms. The second kappa shape index (κ2) is 8.23. The highest BCUT2D eigenvalue weighted by molar-refractivity contribution is 6.20. The Kier molecular flexibility index (Phi) is 5.88. The Bertz CT molecular complexity index is 929. The van der Waals surface area contributed by atoms with Crippen LogP contribution in [0.3, 0.4) is 0 Å². The molecule has 10 nitrogen and oxygen atoms in total. The zero-order chi connectivity index (χ0) is 22.1. The number of fused-ring (bicyclic) bond motifs is 1. The number of nitrogens with one attached hydrogen (secondary N) is 1. The summed E-state index contributed by atoms with van der Waals surface area (Å²) < 4.78 is 1.52. The lowest BCUT2D eigenvalue weighted by atomic mass is 9.85. The molecule has 160 valence electrons. The molecular formula is C20H25N5O5. The fraction of sp³-hybridized carbons (Fsp3) is 0.450. The molecule has 3 amide bonds. The number of carbonyl (C=O) groups is 3. The molecule has 2 unspecified atom stereocenters. The van der Waals surface area contributed by atoms with Gasteiger partial charge in [-0.1, -0.05) is 45.0 Å². The lowest BCUT2D eigenvalue weighted by molar-refractivity contribution is -0.138. The molecule has 0 spiro atoms. The van der Waals surface area contributed by atoms with Crippen molar-refractivity contribution < 1.29 is 24.3 Å². The standard InChI is InChI=1S/C20H25N5O5/c1-5-12(30-25-17(26)13-8-6-7-9-14(13)18(25)27)10-24-11-15(22-23-24)16(20(2,3)4)21-19(28)29/h6-9,11-12,16,21H,5,10H2,1-4H3,(H,28,29). The number of hydrogen-bond donors (Lipinski definition) is 2. The first-order chi connectivity index (χ1) is 14.1. The Morgan fingerprint density at radius 3 is 2.30 bits per heavy atom. The van der Waals surface area contributed by atoms with Gasteiger partial charge in [0.15, 0.2) is 0 Å². The van der Waals surface area contributed by atoms with Gasteiger partial charge < -0.3 is 10.4 Å². The smallest absolute Gasteiger partial charge is 0.405 e. The molecule has 10 heteroatoms.